The van der Waals surface area contributed by atoms with Crippen molar-refractivity contribution in [3.05, 3.63) is 59.1 Å². The number of ether oxygens (including phenoxy) is 2. The average Bonchev–Trinajstić information content (AvgIpc) is 3.34. The van der Waals surface area contributed by atoms with Crippen molar-refractivity contribution in [2.24, 2.45) is 0 Å². The molecule has 0 radical (unpaired) electrons. The third kappa shape index (κ3) is 4.37. The summed E-state index contributed by atoms with van der Waals surface area (Å²) in [7, 11) is 0. The molecule has 1 aromatic carbocycles. The number of aromatic nitrogens is 4. The topological polar surface area (TPSA) is 74.1 Å². The van der Waals surface area contributed by atoms with E-state index in [2.05, 4.69) is 20.6 Å². The molecule has 1 atom stereocenters. The van der Waals surface area contributed by atoms with E-state index in [4.69, 9.17) is 21.1 Å². The van der Waals surface area contributed by atoms with Crippen molar-refractivity contribution >= 4 is 17.3 Å². The van der Waals surface area contributed by atoms with E-state index in [0.717, 1.165) is 35.8 Å². The van der Waals surface area contributed by atoms with Gasteiger partial charge in [-0.25, -0.2) is 4.68 Å². The lowest BCUT2D eigenvalue weighted by Gasteiger charge is -2.13. The molecule has 0 aliphatic carbocycles. The van der Waals surface area contributed by atoms with Crippen molar-refractivity contribution in [3.63, 3.8) is 0 Å². The van der Waals surface area contributed by atoms with Gasteiger partial charge in [-0.2, -0.15) is 0 Å². The zero-order chi connectivity index (χ0) is 18.6. The molecule has 0 bridgehead atoms. The molecule has 1 N–H and O–H groups in total. The lowest BCUT2D eigenvalue weighted by Crippen LogP contribution is -2.15. The summed E-state index contributed by atoms with van der Waals surface area (Å²) < 4.78 is 12.9. The smallest absolute Gasteiger partial charge is 0.138 e. The van der Waals surface area contributed by atoms with Crippen LogP contribution in [0.25, 0.3) is 5.69 Å². The maximum absolute atomic E-state index is 6.37. The van der Waals surface area contributed by atoms with Gasteiger partial charge in [0.1, 0.15) is 17.5 Å². The molecule has 1 aliphatic heterocycles. The molecule has 8 heteroatoms. The first-order valence-corrected chi connectivity index (χ1v) is 9.17. The van der Waals surface area contributed by atoms with Gasteiger partial charge < -0.3 is 14.8 Å². The summed E-state index contributed by atoms with van der Waals surface area (Å²) in [6.45, 7) is 3.86. The van der Waals surface area contributed by atoms with Gasteiger partial charge in [-0.15, -0.1) is 5.10 Å². The van der Waals surface area contributed by atoms with E-state index < -0.39 is 0 Å². The summed E-state index contributed by atoms with van der Waals surface area (Å²) in [5, 5.41) is 12.3. The van der Waals surface area contributed by atoms with Crippen LogP contribution in [0.4, 0.5) is 5.69 Å². The predicted octanol–water partition coefficient (Wildman–Crippen LogP) is 3.40. The molecule has 1 aliphatic rings. The SMILES string of the molecule is Cc1cc(NCc2cn(-c3ccc(OC4CCOC4)c(Cl)c3)nn2)ccn1. The Balaban J connectivity index is 1.42. The third-order valence-corrected chi connectivity index (χ3v) is 4.57. The minimum absolute atomic E-state index is 0.0641. The van der Waals surface area contributed by atoms with Gasteiger partial charge in [0, 0.05) is 24.0 Å². The summed E-state index contributed by atoms with van der Waals surface area (Å²) in [5.41, 5.74) is 3.61. The molecule has 3 heterocycles. The van der Waals surface area contributed by atoms with Crippen LogP contribution < -0.4 is 10.1 Å². The van der Waals surface area contributed by atoms with Gasteiger partial charge in [-0.3, -0.25) is 4.98 Å². The Morgan fingerprint density at radius 3 is 3.04 bits per heavy atom. The van der Waals surface area contributed by atoms with Crippen LogP contribution >= 0.6 is 11.6 Å². The minimum atomic E-state index is 0.0641. The number of benzene rings is 1. The van der Waals surface area contributed by atoms with Crippen molar-refractivity contribution in [2.45, 2.75) is 26.0 Å². The molecule has 27 heavy (non-hydrogen) atoms. The highest BCUT2D eigenvalue weighted by Gasteiger charge is 2.18. The van der Waals surface area contributed by atoms with Gasteiger partial charge >= 0.3 is 0 Å². The molecule has 140 valence electrons. The van der Waals surface area contributed by atoms with Gasteiger partial charge in [0.25, 0.3) is 0 Å². The highest BCUT2D eigenvalue weighted by molar-refractivity contribution is 6.32. The number of nitrogens with zero attached hydrogens (tertiary/aromatic N) is 4. The highest BCUT2D eigenvalue weighted by Crippen LogP contribution is 2.29. The van der Waals surface area contributed by atoms with Crippen LogP contribution in [-0.2, 0) is 11.3 Å². The van der Waals surface area contributed by atoms with E-state index >= 15 is 0 Å². The maximum Gasteiger partial charge on any atom is 0.138 e. The molecule has 3 aromatic rings. The zero-order valence-corrected chi connectivity index (χ0v) is 15.7. The molecular formula is C19H20ClN5O2. The Morgan fingerprint density at radius 1 is 1.33 bits per heavy atom. The maximum atomic E-state index is 6.37. The Labute approximate surface area is 162 Å². The van der Waals surface area contributed by atoms with Crippen LogP contribution in [0, 0.1) is 6.92 Å². The standard InChI is InChI=1S/C19H20ClN5O2/c1-13-8-14(4-6-21-13)22-10-15-11-25(24-23-15)16-2-3-19(18(20)9-16)27-17-5-7-26-12-17/h2-4,6,8-9,11,17H,5,7,10,12H2,1H3,(H,21,22). The first-order chi connectivity index (χ1) is 13.2. The second-order valence-corrected chi connectivity index (χ2v) is 6.82. The van der Waals surface area contributed by atoms with Gasteiger partial charge in [0.2, 0.25) is 0 Å². The summed E-state index contributed by atoms with van der Waals surface area (Å²) in [5.74, 6) is 0.658. The van der Waals surface area contributed by atoms with Crippen LogP contribution in [0.5, 0.6) is 5.75 Å². The number of pyridine rings is 1. The summed E-state index contributed by atoms with van der Waals surface area (Å²) in [4.78, 5) is 4.18. The van der Waals surface area contributed by atoms with E-state index in [1.807, 2.05) is 43.5 Å². The average molecular weight is 386 g/mol. The summed E-state index contributed by atoms with van der Waals surface area (Å²) in [6, 6.07) is 9.50. The molecule has 7 nitrogen and oxygen atoms in total. The predicted molar refractivity (Wildman–Crippen MR) is 103 cm³/mol. The van der Waals surface area contributed by atoms with E-state index in [1.54, 1.807) is 10.9 Å². The lowest BCUT2D eigenvalue weighted by atomic mass is 10.2. The number of hydrogen-bond donors (Lipinski definition) is 1. The highest BCUT2D eigenvalue weighted by atomic mass is 35.5. The van der Waals surface area contributed by atoms with Crippen LogP contribution in [-0.4, -0.2) is 39.3 Å². The molecule has 0 amide bonds. The Bertz CT molecular complexity index is 924. The Kier molecular flexibility index (Phi) is 5.22. The van der Waals surface area contributed by atoms with Crippen LogP contribution in [0.15, 0.2) is 42.7 Å². The molecule has 1 unspecified atom stereocenters. The van der Waals surface area contributed by atoms with Crippen LogP contribution in [0.2, 0.25) is 5.02 Å². The van der Waals surface area contributed by atoms with Crippen molar-refractivity contribution in [2.75, 3.05) is 18.5 Å². The fraction of sp³-hybridized carbons (Fsp3) is 0.316. The lowest BCUT2D eigenvalue weighted by molar-refractivity contribution is 0.141. The Hall–Kier alpha value is -2.64. The summed E-state index contributed by atoms with van der Waals surface area (Å²) >= 11 is 6.37. The van der Waals surface area contributed by atoms with Crippen LogP contribution in [0.3, 0.4) is 0 Å². The number of anilines is 1. The van der Waals surface area contributed by atoms with Gasteiger partial charge in [0.05, 0.1) is 36.7 Å². The van der Waals surface area contributed by atoms with E-state index in [-0.39, 0.29) is 6.10 Å². The molecule has 1 fully saturated rings. The van der Waals surface area contributed by atoms with E-state index in [1.165, 1.54) is 0 Å². The van der Waals surface area contributed by atoms with E-state index in [0.29, 0.717) is 23.9 Å². The van der Waals surface area contributed by atoms with Gasteiger partial charge in [0.15, 0.2) is 0 Å². The van der Waals surface area contributed by atoms with Crippen molar-refractivity contribution in [1.29, 1.82) is 0 Å². The van der Waals surface area contributed by atoms with Crippen molar-refractivity contribution in [3.8, 4) is 11.4 Å². The van der Waals surface area contributed by atoms with Crippen LogP contribution in [0.1, 0.15) is 17.8 Å². The van der Waals surface area contributed by atoms with Gasteiger partial charge in [-0.1, -0.05) is 16.8 Å². The number of nitrogens with one attached hydrogen (secondary N) is 1. The fourth-order valence-corrected chi connectivity index (χ4v) is 3.09. The number of halogens is 1. The third-order valence-electron chi connectivity index (χ3n) is 4.27. The second-order valence-electron chi connectivity index (χ2n) is 6.41. The van der Waals surface area contributed by atoms with Crippen molar-refractivity contribution in [1.82, 2.24) is 20.0 Å². The quantitative estimate of drug-likeness (QED) is 0.701. The zero-order valence-electron chi connectivity index (χ0n) is 14.9. The first-order valence-electron chi connectivity index (χ1n) is 8.79. The number of aryl methyl sites for hydroxylation is 1. The largest absolute Gasteiger partial charge is 0.486 e. The normalized spacial score (nSPS) is 16.4. The molecular weight excluding hydrogens is 366 g/mol. The molecule has 2 aromatic heterocycles. The monoisotopic (exact) mass is 385 g/mol. The number of rotatable bonds is 6. The number of hydrogen-bond acceptors (Lipinski definition) is 6. The van der Waals surface area contributed by atoms with E-state index in [9.17, 15) is 0 Å². The molecule has 1 saturated heterocycles. The first kappa shape index (κ1) is 17.8. The fourth-order valence-electron chi connectivity index (χ4n) is 2.87. The minimum Gasteiger partial charge on any atom is -0.486 e. The molecule has 0 spiro atoms. The van der Waals surface area contributed by atoms with Gasteiger partial charge in [-0.05, 0) is 37.3 Å². The summed E-state index contributed by atoms with van der Waals surface area (Å²) in [6.07, 6.45) is 4.60. The van der Waals surface area contributed by atoms with Crippen molar-refractivity contribution < 1.29 is 9.47 Å². The second kappa shape index (κ2) is 7.94. The molecule has 0 saturated carbocycles. The Morgan fingerprint density at radius 2 is 2.26 bits per heavy atom. The molecule has 4 rings (SSSR count).